The number of imidazole rings is 1. The van der Waals surface area contributed by atoms with Gasteiger partial charge in [0.15, 0.2) is 0 Å². The summed E-state index contributed by atoms with van der Waals surface area (Å²) in [6, 6.07) is 0. The molecule has 1 heterocycles. The number of nitrogens with zero attached hydrogens (tertiary/aromatic N) is 3. The Bertz CT molecular complexity index is 314. The Kier molecular flexibility index (Phi) is 5.80. The molecule has 0 aromatic carbocycles. The van der Waals surface area contributed by atoms with Gasteiger partial charge >= 0.3 is 0 Å². The molecule has 0 unspecified atom stereocenters. The largest absolute Gasteiger partial charge is 0.396 e. The fraction of sp³-hybridized carbons (Fsp3) is 0.727. The SMILES string of the molecule is CN(CCCCCO)Cc1ncc(Cl)n1C. The minimum absolute atomic E-state index is 0.290. The molecule has 0 saturated heterocycles. The van der Waals surface area contributed by atoms with Gasteiger partial charge in [-0.25, -0.2) is 4.98 Å². The van der Waals surface area contributed by atoms with Crippen LogP contribution in [0.5, 0.6) is 0 Å². The van der Waals surface area contributed by atoms with E-state index in [-0.39, 0.29) is 0 Å². The van der Waals surface area contributed by atoms with Gasteiger partial charge in [0.2, 0.25) is 0 Å². The van der Waals surface area contributed by atoms with E-state index in [4.69, 9.17) is 16.7 Å². The second-order valence-electron chi connectivity index (χ2n) is 4.08. The zero-order valence-corrected chi connectivity index (χ0v) is 10.7. The van der Waals surface area contributed by atoms with Crippen LogP contribution in [0.3, 0.4) is 0 Å². The van der Waals surface area contributed by atoms with Gasteiger partial charge in [0.25, 0.3) is 0 Å². The molecule has 16 heavy (non-hydrogen) atoms. The Morgan fingerprint density at radius 2 is 2.19 bits per heavy atom. The first-order chi connectivity index (χ1) is 7.65. The summed E-state index contributed by atoms with van der Waals surface area (Å²) in [5.41, 5.74) is 0. The summed E-state index contributed by atoms with van der Waals surface area (Å²) >= 11 is 5.91. The van der Waals surface area contributed by atoms with Gasteiger partial charge in [-0.2, -0.15) is 0 Å². The summed E-state index contributed by atoms with van der Waals surface area (Å²) < 4.78 is 1.89. The molecule has 0 amide bonds. The van der Waals surface area contributed by atoms with Gasteiger partial charge in [0.05, 0.1) is 12.7 Å². The maximum absolute atomic E-state index is 8.66. The molecule has 1 N–H and O–H groups in total. The van der Waals surface area contributed by atoms with Gasteiger partial charge < -0.3 is 9.67 Å². The minimum atomic E-state index is 0.290. The summed E-state index contributed by atoms with van der Waals surface area (Å²) in [4.78, 5) is 6.47. The molecule has 0 spiro atoms. The highest BCUT2D eigenvalue weighted by atomic mass is 35.5. The molecule has 0 aliphatic rings. The highest BCUT2D eigenvalue weighted by Crippen LogP contribution is 2.10. The molecule has 5 heteroatoms. The molecule has 1 aromatic heterocycles. The van der Waals surface area contributed by atoms with Crippen LogP contribution in [-0.2, 0) is 13.6 Å². The number of aliphatic hydroxyl groups excluding tert-OH is 1. The molecular weight excluding hydrogens is 226 g/mol. The summed E-state index contributed by atoms with van der Waals surface area (Å²) in [6.45, 7) is 2.12. The van der Waals surface area contributed by atoms with Gasteiger partial charge in [-0.05, 0) is 32.9 Å². The van der Waals surface area contributed by atoms with E-state index >= 15 is 0 Å². The molecule has 0 atom stereocenters. The maximum atomic E-state index is 8.66. The van der Waals surface area contributed by atoms with Crippen LogP contribution in [-0.4, -0.2) is 39.8 Å². The fourth-order valence-electron chi connectivity index (χ4n) is 1.56. The van der Waals surface area contributed by atoms with E-state index in [1.165, 1.54) is 0 Å². The van der Waals surface area contributed by atoms with Crippen molar-refractivity contribution in [3.8, 4) is 0 Å². The van der Waals surface area contributed by atoms with Crippen LogP contribution >= 0.6 is 11.6 Å². The Morgan fingerprint density at radius 3 is 2.75 bits per heavy atom. The van der Waals surface area contributed by atoms with Crippen molar-refractivity contribution in [2.75, 3.05) is 20.2 Å². The van der Waals surface area contributed by atoms with E-state index in [1.807, 2.05) is 11.6 Å². The van der Waals surface area contributed by atoms with Crippen molar-refractivity contribution in [2.45, 2.75) is 25.8 Å². The standard InChI is InChI=1S/C11H20ClN3O/c1-14(6-4-3-5-7-16)9-11-13-8-10(12)15(11)2/h8,16H,3-7,9H2,1-2H3. The van der Waals surface area contributed by atoms with Crippen LogP contribution in [0.15, 0.2) is 6.20 Å². The number of rotatable bonds is 7. The van der Waals surface area contributed by atoms with Crippen LogP contribution in [0.4, 0.5) is 0 Å². The molecular formula is C11H20ClN3O. The quantitative estimate of drug-likeness (QED) is 0.743. The lowest BCUT2D eigenvalue weighted by atomic mass is 10.2. The lowest BCUT2D eigenvalue weighted by Crippen LogP contribution is -2.21. The molecule has 1 rings (SSSR count). The normalized spacial score (nSPS) is 11.3. The van der Waals surface area contributed by atoms with Crippen molar-refractivity contribution in [3.05, 3.63) is 17.2 Å². The van der Waals surface area contributed by atoms with Crippen molar-refractivity contribution in [1.82, 2.24) is 14.5 Å². The number of aliphatic hydroxyl groups is 1. The predicted octanol–water partition coefficient (Wildman–Crippen LogP) is 1.67. The third-order valence-electron chi connectivity index (χ3n) is 2.64. The minimum Gasteiger partial charge on any atom is -0.396 e. The Morgan fingerprint density at radius 1 is 1.44 bits per heavy atom. The van der Waals surface area contributed by atoms with Crippen LogP contribution in [0, 0.1) is 0 Å². The van der Waals surface area contributed by atoms with E-state index in [1.54, 1.807) is 6.20 Å². The average Bonchev–Trinajstić information content (AvgIpc) is 2.56. The van der Waals surface area contributed by atoms with Gasteiger partial charge in [-0.1, -0.05) is 11.6 Å². The average molecular weight is 246 g/mol. The van der Waals surface area contributed by atoms with Crippen LogP contribution in [0.25, 0.3) is 0 Å². The molecule has 0 fully saturated rings. The summed E-state index contributed by atoms with van der Waals surface area (Å²) in [7, 11) is 3.99. The number of aromatic nitrogens is 2. The highest BCUT2D eigenvalue weighted by Gasteiger charge is 2.07. The van der Waals surface area contributed by atoms with Gasteiger partial charge in [-0.3, -0.25) is 4.90 Å². The van der Waals surface area contributed by atoms with Crippen molar-refractivity contribution in [3.63, 3.8) is 0 Å². The molecule has 0 aliphatic heterocycles. The van der Waals surface area contributed by atoms with E-state index in [0.29, 0.717) is 11.8 Å². The molecule has 0 radical (unpaired) electrons. The molecule has 92 valence electrons. The number of hydrogen-bond acceptors (Lipinski definition) is 3. The van der Waals surface area contributed by atoms with Crippen molar-refractivity contribution in [1.29, 1.82) is 0 Å². The third-order valence-corrected chi connectivity index (χ3v) is 2.99. The third kappa shape index (κ3) is 4.12. The molecule has 0 aliphatic carbocycles. The first kappa shape index (κ1) is 13.5. The lowest BCUT2D eigenvalue weighted by molar-refractivity contribution is 0.269. The fourth-order valence-corrected chi connectivity index (χ4v) is 1.71. The topological polar surface area (TPSA) is 41.3 Å². The highest BCUT2D eigenvalue weighted by molar-refractivity contribution is 6.29. The van der Waals surface area contributed by atoms with Crippen molar-refractivity contribution >= 4 is 11.6 Å². The number of unbranched alkanes of at least 4 members (excludes halogenated alkanes) is 2. The molecule has 4 nitrogen and oxygen atoms in total. The van der Waals surface area contributed by atoms with Gasteiger partial charge in [0.1, 0.15) is 11.0 Å². The molecule has 1 aromatic rings. The summed E-state index contributed by atoms with van der Waals surface area (Å²) in [5, 5.41) is 9.33. The maximum Gasteiger partial charge on any atom is 0.128 e. The van der Waals surface area contributed by atoms with E-state index in [9.17, 15) is 0 Å². The Balaban J connectivity index is 2.28. The van der Waals surface area contributed by atoms with E-state index < -0.39 is 0 Å². The predicted molar refractivity (Wildman–Crippen MR) is 65.5 cm³/mol. The monoisotopic (exact) mass is 245 g/mol. The number of hydrogen-bond donors (Lipinski definition) is 1. The zero-order chi connectivity index (χ0) is 12.0. The summed E-state index contributed by atoms with van der Waals surface area (Å²) in [6.07, 6.45) is 4.75. The first-order valence-electron chi connectivity index (χ1n) is 5.60. The van der Waals surface area contributed by atoms with E-state index in [2.05, 4.69) is 16.9 Å². The van der Waals surface area contributed by atoms with Crippen molar-refractivity contribution < 1.29 is 5.11 Å². The molecule has 0 bridgehead atoms. The smallest absolute Gasteiger partial charge is 0.128 e. The Labute approximate surface area is 102 Å². The Hall–Kier alpha value is -0.580. The van der Waals surface area contributed by atoms with Crippen LogP contribution in [0.2, 0.25) is 5.15 Å². The first-order valence-corrected chi connectivity index (χ1v) is 5.98. The van der Waals surface area contributed by atoms with Crippen LogP contribution < -0.4 is 0 Å². The summed E-state index contributed by atoms with van der Waals surface area (Å²) in [5.74, 6) is 0.981. The van der Waals surface area contributed by atoms with Gasteiger partial charge in [0, 0.05) is 13.7 Å². The number of halogens is 1. The zero-order valence-electron chi connectivity index (χ0n) is 9.99. The van der Waals surface area contributed by atoms with E-state index in [0.717, 1.165) is 38.2 Å². The second kappa shape index (κ2) is 6.89. The molecule has 0 saturated carbocycles. The van der Waals surface area contributed by atoms with Crippen molar-refractivity contribution in [2.24, 2.45) is 7.05 Å². The van der Waals surface area contributed by atoms with Crippen LogP contribution in [0.1, 0.15) is 25.1 Å². The lowest BCUT2D eigenvalue weighted by Gasteiger charge is -2.16. The van der Waals surface area contributed by atoms with Gasteiger partial charge in [-0.15, -0.1) is 0 Å². The second-order valence-corrected chi connectivity index (χ2v) is 4.47.